The Kier molecular flexibility index (Phi) is 7.70. The lowest BCUT2D eigenvalue weighted by molar-refractivity contribution is 0.153. The third-order valence-corrected chi connectivity index (χ3v) is 6.13. The van der Waals surface area contributed by atoms with Crippen LogP contribution >= 0.6 is 0 Å². The van der Waals surface area contributed by atoms with Crippen molar-refractivity contribution in [2.45, 2.75) is 25.8 Å². The summed E-state index contributed by atoms with van der Waals surface area (Å²) in [6.45, 7) is 7.18. The molecule has 3 aromatic rings. The lowest BCUT2D eigenvalue weighted by Crippen LogP contribution is -2.40. The minimum atomic E-state index is 0.138. The van der Waals surface area contributed by atoms with Gasteiger partial charge in [-0.25, -0.2) is 0 Å². The van der Waals surface area contributed by atoms with Gasteiger partial charge in [-0.1, -0.05) is 54.1 Å². The van der Waals surface area contributed by atoms with Gasteiger partial charge in [-0.3, -0.25) is 9.88 Å². The maximum absolute atomic E-state index is 5.86. The van der Waals surface area contributed by atoms with Crippen LogP contribution in [0.25, 0.3) is 0 Å². The van der Waals surface area contributed by atoms with E-state index < -0.39 is 0 Å². The van der Waals surface area contributed by atoms with Crippen molar-refractivity contribution in [2.24, 2.45) is 5.92 Å². The molecule has 0 amide bonds. The Balaban J connectivity index is 1.25. The molecule has 0 radical (unpaired) electrons. The van der Waals surface area contributed by atoms with Crippen LogP contribution in [0.5, 0.6) is 5.75 Å². The molecule has 2 aromatic carbocycles. The Morgan fingerprint density at radius 1 is 0.968 bits per heavy atom. The predicted octanol–water partition coefficient (Wildman–Crippen LogP) is 4.86. The minimum Gasteiger partial charge on any atom is -0.492 e. The fourth-order valence-electron chi connectivity index (χ4n) is 4.21. The van der Waals surface area contributed by atoms with E-state index in [0.717, 1.165) is 44.2 Å². The van der Waals surface area contributed by atoms with Crippen LogP contribution in [0.15, 0.2) is 79.0 Å². The lowest BCUT2D eigenvalue weighted by atomic mass is 9.95. The van der Waals surface area contributed by atoms with Crippen molar-refractivity contribution >= 4 is 0 Å². The molecule has 1 atom stereocenters. The average Bonchev–Trinajstić information content (AvgIpc) is 2.83. The highest BCUT2D eigenvalue weighted by Gasteiger charge is 2.21. The largest absolute Gasteiger partial charge is 0.492 e. The zero-order valence-corrected chi connectivity index (χ0v) is 18.4. The maximum atomic E-state index is 5.86. The first-order valence-corrected chi connectivity index (χ1v) is 11.4. The second-order valence-corrected chi connectivity index (χ2v) is 8.45. The van der Waals surface area contributed by atoms with E-state index >= 15 is 0 Å². The predicted molar refractivity (Wildman–Crippen MR) is 126 cm³/mol. The Morgan fingerprint density at radius 2 is 1.71 bits per heavy atom. The van der Waals surface area contributed by atoms with Crippen molar-refractivity contribution in [3.8, 4) is 5.75 Å². The number of nitrogens with zero attached hydrogens (tertiary/aromatic N) is 2. The molecular formula is C27H33N3O. The SMILES string of the molecule is Cc1ccc(C(NCC2CCN(CCOc3ccccc3)CC2)c2ccccn2)cc1. The van der Waals surface area contributed by atoms with Gasteiger partial charge < -0.3 is 10.1 Å². The van der Waals surface area contributed by atoms with Crippen LogP contribution in [-0.2, 0) is 0 Å². The molecule has 1 aromatic heterocycles. The molecule has 1 fully saturated rings. The van der Waals surface area contributed by atoms with Crippen LogP contribution in [-0.4, -0.2) is 42.7 Å². The van der Waals surface area contributed by atoms with E-state index in [9.17, 15) is 0 Å². The zero-order chi connectivity index (χ0) is 21.3. The van der Waals surface area contributed by atoms with E-state index in [2.05, 4.69) is 58.5 Å². The molecule has 1 saturated heterocycles. The number of likely N-dealkylation sites (tertiary alicyclic amines) is 1. The smallest absolute Gasteiger partial charge is 0.119 e. The zero-order valence-electron chi connectivity index (χ0n) is 18.4. The van der Waals surface area contributed by atoms with Gasteiger partial charge in [0.1, 0.15) is 12.4 Å². The fourth-order valence-corrected chi connectivity index (χ4v) is 4.21. The minimum absolute atomic E-state index is 0.138. The molecule has 162 valence electrons. The normalized spacial score (nSPS) is 16.2. The molecule has 0 bridgehead atoms. The second-order valence-electron chi connectivity index (χ2n) is 8.45. The Hall–Kier alpha value is -2.69. The summed E-state index contributed by atoms with van der Waals surface area (Å²) >= 11 is 0. The number of hydrogen-bond acceptors (Lipinski definition) is 4. The molecule has 1 unspecified atom stereocenters. The van der Waals surface area contributed by atoms with Gasteiger partial charge in [0.15, 0.2) is 0 Å². The third-order valence-electron chi connectivity index (χ3n) is 6.13. The summed E-state index contributed by atoms with van der Waals surface area (Å²) in [5.41, 5.74) is 3.65. The van der Waals surface area contributed by atoms with Crippen molar-refractivity contribution in [2.75, 3.05) is 32.8 Å². The van der Waals surface area contributed by atoms with Crippen molar-refractivity contribution in [1.82, 2.24) is 15.2 Å². The molecular weight excluding hydrogens is 382 g/mol. The molecule has 4 heteroatoms. The topological polar surface area (TPSA) is 37.4 Å². The standard InChI is InChI=1S/C27H33N3O/c1-22-10-12-24(13-11-22)27(26-9-5-6-16-28-26)29-21-23-14-17-30(18-15-23)19-20-31-25-7-3-2-4-8-25/h2-13,16,23,27,29H,14-15,17-21H2,1H3. The summed E-state index contributed by atoms with van der Waals surface area (Å²) in [7, 11) is 0. The van der Waals surface area contributed by atoms with E-state index in [1.165, 1.54) is 24.0 Å². The van der Waals surface area contributed by atoms with E-state index in [1.807, 2.05) is 42.6 Å². The number of aromatic nitrogens is 1. The van der Waals surface area contributed by atoms with E-state index in [4.69, 9.17) is 4.74 Å². The maximum Gasteiger partial charge on any atom is 0.119 e. The van der Waals surface area contributed by atoms with Crippen LogP contribution in [0.3, 0.4) is 0 Å². The molecule has 2 heterocycles. The van der Waals surface area contributed by atoms with Crippen LogP contribution < -0.4 is 10.1 Å². The van der Waals surface area contributed by atoms with Gasteiger partial charge in [0.05, 0.1) is 11.7 Å². The summed E-state index contributed by atoms with van der Waals surface area (Å²) in [6.07, 6.45) is 4.33. The summed E-state index contributed by atoms with van der Waals surface area (Å²) in [5, 5.41) is 3.82. The molecule has 4 rings (SSSR count). The van der Waals surface area contributed by atoms with E-state index in [0.29, 0.717) is 5.92 Å². The number of ether oxygens (including phenoxy) is 1. The monoisotopic (exact) mass is 415 g/mol. The molecule has 0 aliphatic carbocycles. The van der Waals surface area contributed by atoms with Gasteiger partial charge in [0, 0.05) is 12.7 Å². The second kappa shape index (κ2) is 11.1. The number of rotatable bonds is 9. The summed E-state index contributed by atoms with van der Waals surface area (Å²) < 4.78 is 5.86. The van der Waals surface area contributed by atoms with Crippen molar-refractivity contribution < 1.29 is 4.74 Å². The van der Waals surface area contributed by atoms with E-state index in [1.54, 1.807) is 0 Å². The average molecular weight is 416 g/mol. The van der Waals surface area contributed by atoms with Crippen LogP contribution in [0.1, 0.15) is 35.7 Å². The fraction of sp³-hybridized carbons (Fsp3) is 0.370. The number of para-hydroxylation sites is 1. The number of hydrogen-bond donors (Lipinski definition) is 1. The van der Waals surface area contributed by atoms with Crippen LogP contribution in [0.4, 0.5) is 0 Å². The van der Waals surface area contributed by atoms with Gasteiger partial charge in [-0.2, -0.15) is 0 Å². The quantitative estimate of drug-likeness (QED) is 0.542. The molecule has 4 nitrogen and oxygen atoms in total. The molecule has 31 heavy (non-hydrogen) atoms. The number of nitrogens with one attached hydrogen (secondary N) is 1. The van der Waals surface area contributed by atoms with Gasteiger partial charge in [-0.15, -0.1) is 0 Å². The summed E-state index contributed by atoms with van der Waals surface area (Å²) in [6, 6.07) is 25.2. The Bertz CT molecular complexity index is 891. The van der Waals surface area contributed by atoms with Gasteiger partial charge in [0.25, 0.3) is 0 Å². The van der Waals surface area contributed by atoms with E-state index in [-0.39, 0.29) is 6.04 Å². The molecule has 1 aliphatic rings. The summed E-state index contributed by atoms with van der Waals surface area (Å²) in [5.74, 6) is 1.65. The van der Waals surface area contributed by atoms with Crippen LogP contribution in [0.2, 0.25) is 0 Å². The van der Waals surface area contributed by atoms with Crippen molar-refractivity contribution in [3.05, 3.63) is 95.8 Å². The Labute approximate surface area is 186 Å². The highest BCUT2D eigenvalue weighted by molar-refractivity contribution is 5.30. The number of piperidine rings is 1. The highest BCUT2D eigenvalue weighted by atomic mass is 16.5. The first-order chi connectivity index (χ1) is 15.3. The number of benzene rings is 2. The van der Waals surface area contributed by atoms with Gasteiger partial charge in [-0.05, 0) is 75.1 Å². The molecule has 0 saturated carbocycles. The van der Waals surface area contributed by atoms with Crippen molar-refractivity contribution in [3.63, 3.8) is 0 Å². The molecule has 0 spiro atoms. The van der Waals surface area contributed by atoms with Gasteiger partial charge in [0.2, 0.25) is 0 Å². The lowest BCUT2D eigenvalue weighted by Gasteiger charge is -2.33. The van der Waals surface area contributed by atoms with Gasteiger partial charge >= 0.3 is 0 Å². The molecule has 1 N–H and O–H groups in total. The third kappa shape index (κ3) is 6.39. The summed E-state index contributed by atoms with van der Waals surface area (Å²) in [4.78, 5) is 7.15. The first kappa shape index (κ1) is 21.5. The first-order valence-electron chi connectivity index (χ1n) is 11.4. The number of pyridine rings is 1. The molecule has 1 aliphatic heterocycles. The highest BCUT2D eigenvalue weighted by Crippen LogP contribution is 2.23. The Morgan fingerprint density at radius 3 is 2.42 bits per heavy atom. The van der Waals surface area contributed by atoms with Crippen molar-refractivity contribution in [1.29, 1.82) is 0 Å². The van der Waals surface area contributed by atoms with Crippen LogP contribution in [0, 0.1) is 12.8 Å². The number of aryl methyl sites for hydroxylation is 1.